The zero-order valence-corrected chi connectivity index (χ0v) is 12.3. The maximum Gasteiger partial charge on any atom is 0.269 e. The molecule has 1 aromatic heterocycles. The van der Waals surface area contributed by atoms with E-state index in [1.807, 2.05) is 6.07 Å². The van der Waals surface area contributed by atoms with Crippen LogP contribution in [0.15, 0.2) is 18.3 Å². The lowest BCUT2D eigenvalue weighted by atomic mass is 9.81. The van der Waals surface area contributed by atoms with Crippen molar-refractivity contribution in [3.05, 3.63) is 29.6 Å². The minimum atomic E-state index is -0.0776. The van der Waals surface area contributed by atoms with E-state index < -0.39 is 0 Å². The molecule has 110 valence electrons. The fourth-order valence-corrected chi connectivity index (χ4v) is 2.85. The van der Waals surface area contributed by atoms with Crippen molar-refractivity contribution < 1.29 is 4.79 Å². The monoisotopic (exact) mass is 275 g/mol. The van der Waals surface area contributed by atoms with Crippen molar-refractivity contribution in [2.75, 3.05) is 6.54 Å². The molecule has 1 aliphatic rings. The van der Waals surface area contributed by atoms with Crippen molar-refractivity contribution in [1.82, 2.24) is 10.3 Å². The Morgan fingerprint density at radius 2 is 2.00 bits per heavy atom. The highest BCUT2D eigenvalue weighted by Gasteiger charge is 2.20. The molecule has 1 heterocycles. The second kappa shape index (κ2) is 7.39. The second-order valence-electron chi connectivity index (χ2n) is 5.76. The van der Waals surface area contributed by atoms with Crippen LogP contribution in [0.25, 0.3) is 0 Å². The lowest BCUT2D eigenvalue weighted by Gasteiger charge is -2.27. The van der Waals surface area contributed by atoms with Gasteiger partial charge in [0.2, 0.25) is 0 Å². The van der Waals surface area contributed by atoms with E-state index in [0.29, 0.717) is 18.2 Å². The summed E-state index contributed by atoms with van der Waals surface area (Å²) in [5.41, 5.74) is 6.93. The third-order valence-corrected chi connectivity index (χ3v) is 4.39. The molecular formula is C16H25N3O. The van der Waals surface area contributed by atoms with Crippen molar-refractivity contribution >= 4 is 5.91 Å². The predicted octanol–water partition coefficient (Wildman–Crippen LogP) is 2.49. The van der Waals surface area contributed by atoms with Gasteiger partial charge in [-0.25, -0.2) is 0 Å². The average Bonchev–Trinajstić information content (AvgIpc) is 2.53. The highest BCUT2D eigenvalue weighted by Crippen LogP contribution is 2.30. The Morgan fingerprint density at radius 3 is 2.55 bits per heavy atom. The number of carbonyl (C=O) groups is 1. The molecule has 1 aliphatic carbocycles. The van der Waals surface area contributed by atoms with Crippen LogP contribution in [0.5, 0.6) is 0 Å². The molecule has 4 heteroatoms. The van der Waals surface area contributed by atoms with Crippen LogP contribution < -0.4 is 11.1 Å². The molecule has 0 radical (unpaired) electrons. The summed E-state index contributed by atoms with van der Waals surface area (Å²) in [7, 11) is 0. The van der Waals surface area contributed by atoms with E-state index in [1.54, 1.807) is 12.3 Å². The van der Waals surface area contributed by atoms with Crippen LogP contribution >= 0.6 is 0 Å². The molecular weight excluding hydrogens is 250 g/mol. The van der Waals surface area contributed by atoms with Gasteiger partial charge in [0.1, 0.15) is 5.69 Å². The van der Waals surface area contributed by atoms with Crippen molar-refractivity contribution in [2.45, 2.75) is 45.6 Å². The Bertz CT molecular complexity index is 422. The summed E-state index contributed by atoms with van der Waals surface area (Å²) < 4.78 is 0. The van der Waals surface area contributed by atoms with Crippen LogP contribution in [-0.2, 0) is 6.54 Å². The number of rotatable bonds is 5. The number of hydrogen-bond donors (Lipinski definition) is 2. The third-order valence-electron chi connectivity index (χ3n) is 4.39. The first kappa shape index (κ1) is 15.0. The SMILES string of the molecule is CCC1CCC(CNC(=O)c2ccc(CN)cn2)CC1. The van der Waals surface area contributed by atoms with Gasteiger partial charge in [0, 0.05) is 19.3 Å². The number of amides is 1. The molecule has 1 fully saturated rings. The number of nitrogens with one attached hydrogen (secondary N) is 1. The maximum atomic E-state index is 12.0. The summed E-state index contributed by atoms with van der Waals surface area (Å²) in [4.78, 5) is 16.1. The van der Waals surface area contributed by atoms with Crippen LogP contribution in [0.3, 0.4) is 0 Å². The fourth-order valence-electron chi connectivity index (χ4n) is 2.85. The highest BCUT2D eigenvalue weighted by molar-refractivity contribution is 5.92. The number of pyridine rings is 1. The zero-order chi connectivity index (χ0) is 14.4. The van der Waals surface area contributed by atoms with E-state index >= 15 is 0 Å². The Balaban J connectivity index is 1.77. The van der Waals surface area contributed by atoms with Gasteiger partial charge in [0.15, 0.2) is 0 Å². The van der Waals surface area contributed by atoms with Crippen LogP contribution in [0.2, 0.25) is 0 Å². The van der Waals surface area contributed by atoms with E-state index in [1.165, 1.54) is 32.1 Å². The molecule has 0 atom stereocenters. The largest absolute Gasteiger partial charge is 0.350 e. The van der Waals surface area contributed by atoms with Gasteiger partial charge >= 0.3 is 0 Å². The van der Waals surface area contributed by atoms with E-state index in [-0.39, 0.29) is 5.91 Å². The first-order valence-corrected chi connectivity index (χ1v) is 7.66. The van der Waals surface area contributed by atoms with Crippen LogP contribution in [0.4, 0.5) is 0 Å². The number of aromatic nitrogens is 1. The first-order chi connectivity index (χ1) is 9.72. The van der Waals surface area contributed by atoms with E-state index in [2.05, 4.69) is 17.2 Å². The number of nitrogens with two attached hydrogens (primary N) is 1. The maximum absolute atomic E-state index is 12.0. The predicted molar refractivity (Wildman–Crippen MR) is 80.2 cm³/mol. The van der Waals surface area contributed by atoms with E-state index in [0.717, 1.165) is 18.0 Å². The molecule has 2 rings (SSSR count). The number of nitrogens with zero attached hydrogens (tertiary/aromatic N) is 1. The van der Waals surface area contributed by atoms with Crippen molar-refractivity contribution in [2.24, 2.45) is 17.6 Å². The molecule has 1 saturated carbocycles. The molecule has 1 aromatic rings. The molecule has 20 heavy (non-hydrogen) atoms. The van der Waals surface area contributed by atoms with Gasteiger partial charge < -0.3 is 11.1 Å². The van der Waals surface area contributed by atoms with Gasteiger partial charge in [-0.3, -0.25) is 9.78 Å². The Hall–Kier alpha value is -1.42. The Labute approximate surface area is 121 Å². The standard InChI is InChI=1S/C16H25N3O/c1-2-12-3-5-13(6-4-12)10-19-16(20)15-8-7-14(9-17)11-18-15/h7-8,11-13H,2-6,9-10,17H2,1H3,(H,19,20). The Kier molecular flexibility index (Phi) is 5.53. The van der Waals surface area contributed by atoms with Crippen LogP contribution in [0, 0.1) is 11.8 Å². The molecule has 0 aliphatic heterocycles. The molecule has 0 saturated heterocycles. The summed E-state index contributed by atoms with van der Waals surface area (Å²) in [6, 6.07) is 3.60. The zero-order valence-electron chi connectivity index (χ0n) is 12.3. The van der Waals surface area contributed by atoms with E-state index in [9.17, 15) is 4.79 Å². The molecule has 4 nitrogen and oxygen atoms in total. The highest BCUT2D eigenvalue weighted by atomic mass is 16.1. The Morgan fingerprint density at radius 1 is 1.30 bits per heavy atom. The van der Waals surface area contributed by atoms with Crippen molar-refractivity contribution in [1.29, 1.82) is 0 Å². The van der Waals surface area contributed by atoms with Gasteiger partial charge in [-0.15, -0.1) is 0 Å². The summed E-state index contributed by atoms with van der Waals surface area (Å²) in [5, 5.41) is 3.01. The summed E-state index contributed by atoms with van der Waals surface area (Å²) in [6.45, 7) is 3.49. The number of carbonyl (C=O) groups excluding carboxylic acids is 1. The molecule has 0 bridgehead atoms. The fraction of sp³-hybridized carbons (Fsp3) is 0.625. The lowest BCUT2D eigenvalue weighted by Crippen LogP contribution is -2.31. The molecule has 0 unspecified atom stereocenters. The normalized spacial score (nSPS) is 22.5. The molecule has 1 amide bonds. The van der Waals surface area contributed by atoms with Crippen LogP contribution in [-0.4, -0.2) is 17.4 Å². The van der Waals surface area contributed by atoms with Gasteiger partial charge in [0.25, 0.3) is 5.91 Å². The number of hydrogen-bond acceptors (Lipinski definition) is 3. The van der Waals surface area contributed by atoms with Gasteiger partial charge in [-0.2, -0.15) is 0 Å². The lowest BCUT2D eigenvalue weighted by molar-refractivity contribution is 0.0936. The first-order valence-electron chi connectivity index (χ1n) is 7.66. The summed E-state index contributed by atoms with van der Waals surface area (Å²) in [5.74, 6) is 1.45. The summed E-state index contributed by atoms with van der Waals surface area (Å²) >= 11 is 0. The van der Waals surface area contributed by atoms with E-state index in [4.69, 9.17) is 5.73 Å². The molecule has 0 spiro atoms. The molecule has 3 N–H and O–H groups in total. The quantitative estimate of drug-likeness (QED) is 0.867. The average molecular weight is 275 g/mol. The molecule has 0 aromatic carbocycles. The summed E-state index contributed by atoms with van der Waals surface area (Å²) in [6.07, 6.45) is 8.04. The smallest absolute Gasteiger partial charge is 0.269 e. The van der Waals surface area contributed by atoms with Crippen molar-refractivity contribution in [3.63, 3.8) is 0 Å². The second-order valence-corrected chi connectivity index (χ2v) is 5.76. The topological polar surface area (TPSA) is 68.0 Å². The van der Waals surface area contributed by atoms with Gasteiger partial charge in [-0.05, 0) is 36.3 Å². The minimum Gasteiger partial charge on any atom is -0.350 e. The van der Waals surface area contributed by atoms with Gasteiger partial charge in [-0.1, -0.05) is 32.3 Å². The van der Waals surface area contributed by atoms with Crippen LogP contribution in [0.1, 0.15) is 55.1 Å². The minimum absolute atomic E-state index is 0.0776. The third kappa shape index (κ3) is 4.04. The van der Waals surface area contributed by atoms with Gasteiger partial charge in [0.05, 0.1) is 0 Å². The van der Waals surface area contributed by atoms with Crippen molar-refractivity contribution in [3.8, 4) is 0 Å².